The molecule has 0 heterocycles. The van der Waals surface area contributed by atoms with Crippen molar-refractivity contribution < 1.29 is 0 Å². The van der Waals surface area contributed by atoms with Crippen LogP contribution in [0.4, 0.5) is 5.69 Å². The topological polar surface area (TPSA) is 35.8 Å². The van der Waals surface area contributed by atoms with E-state index in [0.717, 1.165) is 15.7 Å². The second-order valence-corrected chi connectivity index (χ2v) is 4.81. The lowest BCUT2D eigenvalue weighted by Gasteiger charge is -2.12. The third kappa shape index (κ3) is 3.12. The van der Waals surface area contributed by atoms with Crippen LogP contribution in [0.2, 0.25) is 0 Å². The van der Waals surface area contributed by atoms with Crippen LogP contribution < -0.4 is 5.32 Å². The Morgan fingerprint density at radius 3 is 2.39 bits per heavy atom. The number of anilines is 1. The molecule has 0 bridgehead atoms. The van der Waals surface area contributed by atoms with Crippen molar-refractivity contribution in [2.75, 3.05) is 11.9 Å². The largest absolute Gasteiger partial charge is 0.382 e. The van der Waals surface area contributed by atoms with Gasteiger partial charge in [0.15, 0.2) is 0 Å². The maximum atomic E-state index is 9.23. The maximum Gasteiger partial charge on any atom is 0.0885 e. The molecule has 2 rings (SSSR count). The highest BCUT2D eigenvalue weighted by Gasteiger charge is 2.10. The molecule has 2 aromatic carbocycles. The van der Waals surface area contributed by atoms with E-state index < -0.39 is 0 Å². The van der Waals surface area contributed by atoms with Crippen molar-refractivity contribution in [1.29, 1.82) is 5.26 Å². The summed E-state index contributed by atoms with van der Waals surface area (Å²) in [4.78, 5) is 0. The number of halogens is 1. The number of benzene rings is 2. The minimum Gasteiger partial charge on any atom is -0.382 e. The quantitative estimate of drug-likeness (QED) is 0.920. The normalized spacial score (nSPS) is 11.6. The fourth-order valence-corrected chi connectivity index (χ4v) is 2.16. The molecule has 0 amide bonds. The number of hydrogen-bond acceptors (Lipinski definition) is 2. The van der Waals surface area contributed by atoms with Gasteiger partial charge in [-0.3, -0.25) is 0 Å². The molecule has 1 N–H and O–H groups in total. The van der Waals surface area contributed by atoms with Crippen LogP contribution in [-0.2, 0) is 0 Å². The smallest absolute Gasteiger partial charge is 0.0885 e. The van der Waals surface area contributed by atoms with Crippen LogP contribution in [0.25, 0.3) is 0 Å². The summed E-state index contributed by atoms with van der Waals surface area (Å²) in [6, 6.07) is 20.1. The van der Waals surface area contributed by atoms with Gasteiger partial charge in [0.05, 0.1) is 12.0 Å². The van der Waals surface area contributed by atoms with Gasteiger partial charge in [0.2, 0.25) is 0 Å². The fraction of sp³-hybridized carbons (Fsp3) is 0.133. The molecule has 2 nitrogen and oxygen atoms in total. The van der Waals surface area contributed by atoms with Crippen molar-refractivity contribution in [3.05, 3.63) is 64.6 Å². The van der Waals surface area contributed by atoms with Gasteiger partial charge in [-0.25, -0.2) is 0 Å². The van der Waals surface area contributed by atoms with Crippen molar-refractivity contribution in [1.82, 2.24) is 0 Å². The van der Waals surface area contributed by atoms with Gasteiger partial charge in [0.1, 0.15) is 0 Å². The summed E-state index contributed by atoms with van der Waals surface area (Å²) in [6.07, 6.45) is 0. The van der Waals surface area contributed by atoms with E-state index in [-0.39, 0.29) is 5.92 Å². The highest BCUT2D eigenvalue weighted by molar-refractivity contribution is 9.10. The van der Waals surface area contributed by atoms with E-state index in [9.17, 15) is 5.26 Å². The van der Waals surface area contributed by atoms with Crippen LogP contribution in [0.15, 0.2) is 59.1 Å². The Bertz CT molecular complexity index is 546. The first kappa shape index (κ1) is 12.7. The van der Waals surface area contributed by atoms with Crippen LogP contribution in [0.1, 0.15) is 11.5 Å². The van der Waals surface area contributed by atoms with E-state index in [4.69, 9.17) is 0 Å². The third-order valence-electron chi connectivity index (χ3n) is 2.73. The van der Waals surface area contributed by atoms with Crippen molar-refractivity contribution in [3.8, 4) is 6.07 Å². The molecular formula is C15H13BrN2. The molecule has 0 aliphatic heterocycles. The first-order chi connectivity index (χ1) is 8.81. The average Bonchev–Trinajstić information content (AvgIpc) is 2.42. The third-order valence-corrected chi connectivity index (χ3v) is 3.42. The molecule has 0 fully saturated rings. The number of nitrogens with zero attached hydrogens (tertiary/aromatic N) is 1. The van der Waals surface area contributed by atoms with Crippen molar-refractivity contribution >= 4 is 21.6 Å². The van der Waals surface area contributed by atoms with Crippen molar-refractivity contribution in [3.63, 3.8) is 0 Å². The second kappa shape index (κ2) is 6.23. The van der Waals surface area contributed by atoms with Crippen LogP contribution in [0.5, 0.6) is 0 Å². The Morgan fingerprint density at radius 2 is 1.72 bits per heavy atom. The van der Waals surface area contributed by atoms with E-state index in [1.54, 1.807) is 0 Å². The highest BCUT2D eigenvalue weighted by Crippen LogP contribution is 2.23. The summed E-state index contributed by atoms with van der Waals surface area (Å²) in [6.45, 7) is 0.600. The highest BCUT2D eigenvalue weighted by atomic mass is 79.9. The first-order valence-electron chi connectivity index (χ1n) is 5.74. The molecule has 0 saturated carbocycles. The van der Waals surface area contributed by atoms with E-state index in [0.29, 0.717) is 6.54 Å². The number of hydrogen-bond donors (Lipinski definition) is 1. The molecule has 1 atom stereocenters. The molecule has 0 spiro atoms. The molecule has 3 heteroatoms. The number of rotatable bonds is 4. The van der Waals surface area contributed by atoms with E-state index >= 15 is 0 Å². The summed E-state index contributed by atoms with van der Waals surface area (Å²) >= 11 is 3.48. The molecule has 0 aliphatic carbocycles. The van der Waals surface area contributed by atoms with Crippen LogP contribution in [0.3, 0.4) is 0 Å². The molecule has 0 aliphatic rings. The SMILES string of the molecule is N#CC(CNc1ccccc1Br)c1ccccc1. The molecule has 0 radical (unpaired) electrons. The van der Waals surface area contributed by atoms with Gasteiger partial charge in [-0.15, -0.1) is 0 Å². The predicted octanol–water partition coefficient (Wildman–Crippen LogP) is 4.17. The van der Waals surface area contributed by atoms with Gasteiger partial charge < -0.3 is 5.32 Å². The molecule has 0 saturated heterocycles. The summed E-state index contributed by atoms with van der Waals surface area (Å²) in [5.74, 6) is -0.140. The zero-order valence-electron chi connectivity index (χ0n) is 9.81. The Hall–Kier alpha value is -1.79. The fourth-order valence-electron chi connectivity index (χ4n) is 1.74. The molecule has 1 unspecified atom stereocenters. The molecular weight excluding hydrogens is 288 g/mol. The van der Waals surface area contributed by atoms with Gasteiger partial charge in [-0.1, -0.05) is 42.5 Å². The molecule has 0 aromatic heterocycles. The number of nitrogens with one attached hydrogen (secondary N) is 1. The van der Waals surface area contributed by atoms with E-state index in [2.05, 4.69) is 27.3 Å². The molecule has 90 valence electrons. The van der Waals surface area contributed by atoms with Gasteiger partial charge in [0, 0.05) is 16.7 Å². The Morgan fingerprint density at radius 1 is 1.06 bits per heavy atom. The first-order valence-corrected chi connectivity index (χ1v) is 6.53. The lowest BCUT2D eigenvalue weighted by atomic mass is 10.0. The summed E-state index contributed by atoms with van der Waals surface area (Å²) in [5, 5.41) is 12.5. The number of para-hydroxylation sites is 1. The number of nitriles is 1. The summed E-state index contributed by atoms with van der Waals surface area (Å²) in [5.41, 5.74) is 2.05. The van der Waals surface area contributed by atoms with Crippen molar-refractivity contribution in [2.45, 2.75) is 5.92 Å². The van der Waals surface area contributed by atoms with E-state index in [1.165, 1.54) is 0 Å². The van der Waals surface area contributed by atoms with Crippen molar-refractivity contribution in [2.24, 2.45) is 0 Å². The lowest BCUT2D eigenvalue weighted by Crippen LogP contribution is -2.11. The predicted molar refractivity (Wildman–Crippen MR) is 77.4 cm³/mol. The van der Waals surface area contributed by atoms with Crippen LogP contribution in [-0.4, -0.2) is 6.54 Å². The summed E-state index contributed by atoms with van der Waals surface area (Å²) < 4.78 is 1.01. The minimum atomic E-state index is -0.140. The Kier molecular flexibility index (Phi) is 4.38. The van der Waals surface area contributed by atoms with Crippen LogP contribution >= 0.6 is 15.9 Å². The Balaban J connectivity index is 2.05. The standard InChI is InChI=1S/C15H13BrN2/c16-14-8-4-5-9-15(14)18-11-13(10-17)12-6-2-1-3-7-12/h1-9,13,18H,11H2. The van der Waals surface area contributed by atoms with Gasteiger partial charge in [-0.2, -0.15) is 5.26 Å². The lowest BCUT2D eigenvalue weighted by molar-refractivity contribution is 0.900. The van der Waals surface area contributed by atoms with Crippen LogP contribution in [0, 0.1) is 11.3 Å². The molecule has 18 heavy (non-hydrogen) atoms. The van der Waals surface area contributed by atoms with E-state index in [1.807, 2.05) is 54.6 Å². The monoisotopic (exact) mass is 300 g/mol. The minimum absolute atomic E-state index is 0.140. The zero-order valence-corrected chi connectivity index (χ0v) is 11.4. The average molecular weight is 301 g/mol. The zero-order chi connectivity index (χ0) is 12.8. The van der Waals surface area contributed by atoms with Gasteiger partial charge in [0.25, 0.3) is 0 Å². The molecule has 2 aromatic rings. The van der Waals surface area contributed by atoms with Gasteiger partial charge in [-0.05, 0) is 33.6 Å². The summed E-state index contributed by atoms with van der Waals surface area (Å²) in [7, 11) is 0. The van der Waals surface area contributed by atoms with Gasteiger partial charge >= 0.3 is 0 Å². The maximum absolute atomic E-state index is 9.23. The second-order valence-electron chi connectivity index (χ2n) is 3.95. The Labute approximate surface area is 115 Å².